The SMILES string of the molecule is CC1(C(=O)O)CCN(C2CCCC(C3CC3)C2)CC1. The van der Waals surface area contributed by atoms with E-state index in [4.69, 9.17) is 0 Å². The highest BCUT2D eigenvalue weighted by Gasteiger charge is 2.41. The molecule has 2 atom stereocenters. The summed E-state index contributed by atoms with van der Waals surface area (Å²) in [5.41, 5.74) is -0.471. The van der Waals surface area contributed by atoms with Crippen molar-refractivity contribution >= 4 is 5.97 Å². The van der Waals surface area contributed by atoms with Crippen LogP contribution in [0.1, 0.15) is 58.3 Å². The van der Waals surface area contributed by atoms with Crippen LogP contribution in [0.2, 0.25) is 0 Å². The van der Waals surface area contributed by atoms with Crippen molar-refractivity contribution < 1.29 is 9.90 Å². The molecule has 3 aliphatic rings. The van der Waals surface area contributed by atoms with E-state index < -0.39 is 11.4 Å². The van der Waals surface area contributed by atoms with Gasteiger partial charge in [-0.05, 0) is 70.4 Å². The molecule has 2 saturated carbocycles. The number of carboxylic acid groups (broad SMARTS) is 1. The first kappa shape index (κ1) is 13.4. The van der Waals surface area contributed by atoms with Gasteiger partial charge in [0.1, 0.15) is 0 Å². The third-order valence-corrected chi connectivity index (χ3v) is 5.91. The number of hydrogen-bond acceptors (Lipinski definition) is 2. The molecule has 0 aromatic heterocycles. The molecule has 2 unspecified atom stereocenters. The van der Waals surface area contributed by atoms with Crippen LogP contribution >= 0.6 is 0 Å². The Morgan fingerprint density at radius 2 is 1.79 bits per heavy atom. The van der Waals surface area contributed by atoms with Crippen LogP contribution in [-0.2, 0) is 4.79 Å². The van der Waals surface area contributed by atoms with E-state index in [0.29, 0.717) is 0 Å². The highest BCUT2D eigenvalue weighted by Crippen LogP contribution is 2.45. The Morgan fingerprint density at radius 1 is 1.11 bits per heavy atom. The second kappa shape index (κ2) is 5.08. The van der Waals surface area contributed by atoms with Crippen LogP contribution < -0.4 is 0 Å². The molecule has 1 heterocycles. The van der Waals surface area contributed by atoms with E-state index in [1.54, 1.807) is 0 Å². The summed E-state index contributed by atoms with van der Waals surface area (Å²) in [5, 5.41) is 9.30. The molecule has 1 N–H and O–H groups in total. The lowest BCUT2D eigenvalue weighted by molar-refractivity contribution is -0.151. The zero-order valence-corrected chi connectivity index (χ0v) is 12.1. The quantitative estimate of drug-likeness (QED) is 0.852. The van der Waals surface area contributed by atoms with Crippen molar-refractivity contribution in [2.45, 2.75) is 64.3 Å². The second-order valence-corrected chi connectivity index (χ2v) is 7.32. The number of carbonyl (C=O) groups is 1. The van der Waals surface area contributed by atoms with Crippen LogP contribution in [0.5, 0.6) is 0 Å². The topological polar surface area (TPSA) is 40.5 Å². The van der Waals surface area contributed by atoms with Crippen molar-refractivity contribution in [2.24, 2.45) is 17.3 Å². The average Bonchev–Trinajstić information content (AvgIpc) is 3.24. The summed E-state index contributed by atoms with van der Waals surface area (Å²) in [6, 6.07) is 0.748. The zero-order chi connectivity index (χ0) is 13.5. The minimum absolute atomic E-state index is 0.471. The minimum Gasteiger partial charge on any atom is -0.481 e. The third kappa shape index (κ3) is 2.81. The summed E-state index contributed by atoms with van der Waals surface area (Å²) in [6.45, 7) is 3.90. The van der Waals surface area contributed by atoms with Crippen LogP contribution in [0, 0.1) is 17.3 Å². The summed E-state index contributed by atoms with van der Waals surface area (Å²) < 4.78 is 0. The number of nitrogens with zero attached hydrogens (tertiary/aromatic N) is 1. The summed E-state index contributed by atoms with van der Waals surface area (Å²) in [4.78, 5) is 13.9. The maximum atomic E-state index is 11.3. The number of hydrogen-bond donors (Lipinski definition) is 1. The molecule has 3 nitrogen and oxygen atoms in total. The van der Waals surface area contributed by atoms with E-state index in [0.717, 1.165) is 43.8 Å². The highest BCUT2D eigenvalue weighted by molar-refractivity contribution is 5.74. The molecule has 0 spiro atoms. The molecule has 2 aliphatic carbocycles. The Kier molecular flexibility index (Phi) is 3.59. The average molecular weight is 265 g/mol. The van der Waals surface area contributed by atoms with Gasteiger partial charge in [-0.2, -0.15) is 0 Å². The van der Waals surface area contributed by atoms with Crippen molar-refractivity contribution in [3.05, 3.63) is 0 Å². The lowest BCUT2D eigenvalue weighted by Crippen LogP contribution is -2.48. The van der Waals surface area contributed by atoms with E-state index in [1.165, 1.54) is 38.5 Å². The number of carboxylic acids is 1. The maximum absolute atomic E-state index is 11.3. The van der Waals surface area contributed by atoms with Crippen LogP contribution in [0.15, 0.2) is 0 Å². The molecule has 0 radical (unpaired) electrons. The van der Waals surface area contributed by atoms with Crippen molar-refractivity contribution in [1.82, 2.24) is 4.90 Å². The number of likely N-dealkylation sites (tertiary alicyclic amines) is 1. The van der Waals surface area contributed by atoms with Crippen molar-refractivity contribution in [2.75, 3.05) is 13.1 Å². The number of aliphatic carboxylic acids is 1. The Bertz CT molecular complexity index is 343. The first-order valence-corrected chi connectivity index (χ1v) is 8.06. The molecule has 1 aliphatic heterocycles. The van der Waals surface area contributed by atoms with E-state index in [1.807, 2.05) is 6.92 Å². The molecule has 0 bridgehead atoms. The Labute approximate surface area is 116 Å². The van der Waals surface area contributed by atoms with Gasteiger partial charge in [-0.15, -0.1) is 0 Å². The van der Waals surface area contributed by atoms with E-state index in [2.05, 4.69) is 4.90 Å². The van der Waals surface area contributed by atoms with Crippen molar-refractivity contribution in [3.8, 4) is 0 Å². The van der Waals surface area contributed by atoms with Gasteiger partial charge in [-0.3, -0.25) is 4.79 Å². The van der Waals surface area contributed by atoms with Crippen molar-refractivity contribution in [1.29, 1.82) is 0 Å². The highest BCUT2D eigenvalue weighted by atomic mass is 16.4. The maximum Gasteiger partial charge on any atom is 0.309 e. The molecule has 3 fully saturated rings. The molecular formula is C16H27NO2. The summed E-state index contributed by atoms with van der Waals surface area (Å²) in [7, 11) is 0. The van der Waals surface area contributed by atoms with Gasteiger partial charge in [0.05, 0.1) is 5.41 Å². The van der Waals surface area contributed by atoms with E-state index in [-0.39, 0.29) is 0 Å². The van der Waals surface area contributed by atoms with Crippen LogP contribution in [0.25, 0.3) is 0 Å². The molecule has 3 rings (SSSR count). The molecule has 19 heavy (non-hydrogen) atoms. The summed E-state index contributed by atoms with van der Waals surface area (Å²) >= 11 is 0. The van der Waals surface area contributed by atoms with Crippen molar-refractivity contribution in [3.63, 3.8) is 0 Å². The van der Waals surface area contributed by atoms with Gasteiger partial charge < -0.3 is 10.0 Å². The smallest absolute Gasteiger partial charge is 0.309 e. The van der Waals surface area contributed by atoms with Gasteiger partial charge in [0.15, 0.2) is 0 Å². The Hall–Kier alpha value is -0.570. The number of rotatable bonds is 3. The first-order valence-electron chi connectivity index (χ1n) is 8.06. The van der Waals surface area contributed by atoms with Crippen LogP contribution in [0.3, 0.4) is 0 Å². The molecule has 1 saturated heterocycles. The monoisotopic (exact) mass is 265 g/mol. The van der Waals surface area contributed by atoms with E-state index >= 15 is 0 Å². The third-order valence-electron chi connectivity index (χ3n) is 5.91. The van der Waals surface area contributed by atoms with Gasteiger partial charge >= 0.3 is 5.97 Å². The lowest BCUT2D eigenvalue weighted by atomic mass is 9.77. The zero-order valence-electron chi connectivity index (χ0n) is 12.1. The van der Waals surface area contributed by atoms with Gasteiger partial charge in [-0.1, -0.05) is 12.8 Å². The molecular weight excluding hydrogens is 238 g/mol. The molecule has 0 amide bonds. The predicted octanol–water partition coefficient (Wildman–Crippen LogP) is 3.14. The van der Waals surface area contributed by atoms with Gasteiger partial charge in [0.25, 0.3) is 0 Å². The predicted molar refractivity (Wildman–Crippen MR) is 75.0 cm³/mol. The fourth-order valence-electron chi connectivity index (χ4n) is 4.12. The lowest BCUT2D eigenvalue weighted by Gasteiger charge is -2.43. The van der Waals surface area contributed by atoms with Gasteiger partial charge in [-0.25, -0.2) is 0 Å². The largest absolute Gasteiger partial charge is 0.481 e. The standard InChI is InChI=1S/C16H27NO2/c1-16(15(18)19)7-9-17(10-8-16)14-4-2-3-13(11-14)12-5-6-12/h12-14H,2-11H2,1H3,(H,18,19). The van der Waals surface area contributed by atoms with Gasteiger partial charge in [0, 0.05) is 6.04 Å². The Morgan fingerprint density at radius 3 is 2.37 bits per heavy atom. The molecule has 0 aromatic rings. The summed E-state index contributed by atoms with van der Waals surface area (Å²) in [6.07, 6.45) is 10.1. The van der Waals surface area contributed by atoms with E-state index in [9.17, 15) is 9.90 Å². The first-order chi connectivity index (χ1) is 9.08. The fraction of sp³-hybridized carbons (Fsp3) is 0.938. The Balaban J connectivity index is 1.54. The molecule has 3 heteroatoms. The number of piperidine rings is 1. The van der Waals surface area contributed by atoms with Crippen LogP contribution in [0.4, 0.5) is 0 Å². The molecule has 0 aromatic carbocycles. The van der Waals surface area contributed by atoms with Gasteiger partial charge in [0.2, 0.25) is 0 Å². The van der Waals surface area contributed by atoms with Crippen LogP contribution in [-0.4, -0.2) is 35.1 Å². The molecule has 108 valence electrons. The second-order valence-electron chi connectivity index (χ2n) is 7.32. The summed E-state index contributed by atoms with van der Waals surface area (Å²) in [5.74, 6) is 1.41. The fourth-order valence-corrected chi connectivity index (χ4v) is 4.12. The minimum atomic E-state index is -0.605. The normalized spacial score (nSPS) is 36.1.